The first-order valence-electron chi connectivity index (χ1n) is 7.10. The summed E-state index contributed by atoms with van der Waals surface area (Å²) in [5, 5.41) is 6.88. The molecule has 1 aromatic rings. The zero-order valence-electron chi connectivity index (χ0n) is 11.7. The van der Waals surface area contributed by atoms with Crippen LogP contribution in [0.2, 0.25) is 5.02 Å². The molecule has 1 aliphatic carbocycles. The monoisotopic (exact) mass is 296 g/mol. The number of hydrogen-bond donors (Lipinski definition) is 2. The maximum absolute atomic E-state index is 11.6. The predicted octanol–water partition coefficient (Wildman–Crippen LogP) is 2.50. The van der Waals surface area contributed by atoms with Crippen molar-refractivity contribution in [3.63, 3.8) is 0 Å². The summed E-state index contributed by atoms with van der Waals surface area (Å²) in [7, 11) is 0. The lowest BCUT2D eigenvalue weighted by molar-refractivity contribution is -0.121. The minimum absolute atomic E-state index is 0.0645. The van der Waals surface area contributed by atoms with Gasteiger partial charge in [-0.05, 0) is 37.6 Å². The van der Waals surface area contributed by atoms with Gasteiger partial charge in [-0.25, -0.2) is 0 Å². The molecule has 1 saturated carbocycles. The Kier molecular flexibility index (Phi) is 5.68. The van der Waals surface area contributed by atoms with Gasteiger partial charge >= 0.3 is 0 Å². The van der Waals surface area contributed by atoms with E-state index in [4.69, 9.17) is 16.3 Å². The average Bonchev–Trinajstić information content (AvgIpc) is 3.22. The summed E-state index contributed by atoms with van der Waals surface area (Å²) in [6.07, 6.45) is 2.60. The molecule has 20 heavy (non-hydrogen) atoms. The van der Waals surface area contributed by atoms with Crippen LogP contribution >= 0.6 is 11.6 Å². The van der Waals surface area contributed by atoms with E-state index >= 15 is 0 Å². The lowest BCUT2D eigenvalue weighted by Gasteiger charge is -2.12. The Labute approximate surface area is 124 Å². The molecular formula is C15H21ClN2O2. The van der Waals surface area contributed by atoms with E-state index in [2.05, 4.69) is 10.6 Å². The van der Waals surface area contributed by atoms with E-state index in [0.717, 1.165) is 30.7 Å². The molecule has 5 heteroatoms. The summed E-state index contributed by atoms with van der Waals surface area (Å²) in [4.78, 5) is 11.6. The highest BCUT2D eigenvalue weighted by atomic mass is 35.5. The first-order valence-corrected chi connectivity index (χ1v) is 7.48. The van der Waals surface area contributed by atoms with Crippen LogP contribution in [-0.4, -0.2) is 25.1 Å². The molecule has 0 aliphatic heterocycles. The van der Waals surface area contributed by atoms with E-state index < -0.39 is 0 Å². The lowest BCUT2D eigenvalue weighted by Crippen LogP contribution is -2.26. The van der Waals surface area contributed by atoms with Crippen LogP contribution in [0.4, 0.5) is 0 Å². The molecule has 0 radical (unpaired) electrons. The summed E-state index contributed by atoms with van der Waals surface area (Å²) >= 11 is 6.00. The van der Waals surface area contributed by atoms with Gasteiger partial charge in [-0.2, -0.15) is 0 Å². The summed E-state index contributed by atoms with van der Waals surface area (Å²) in [5.74, 6) is 0.851. The summed E-state index contributed by atoms with van der Waals surface area (Å²) < 4.78 is 5.70. The highest BCUT2D eigenvalue weighted by molar-refractivity contribution is 6.30. The van der Waals surface area contributed by atoms with Crippen LogP contribution in [0.25, 0.3) is 0 Å². The van der Waals surface area contributed by atoms with Gasteiger partial charge in [-0.15, -0.1) is 0 Å². The molecule has 0 heterocycles. The third-order valence-corrected chi connectivity index (χ3v) is 3.35. The summed E-state index contributed by atoms with van der Waals surface area (Å²) in [5.41, 5.74) is 1.02. The van der Waals surface area contributed by atoms with E-state index in [1.54, 1.807) is 6.07 Å². The first kappa shape index (κ1) is 15.1. The fourth-order valence-corrected chi connectivity index (χ4v) is 2.06. The molecule has 0 saturated heterocycles. The molecule has 0 aromatic heterocycles. The normalized spacial score (nSPS) is 14.1. The molecule has 2 rings (SSSR count). The number of benzene rings is 1. The van der Waals surface area contributed by atoms with Crippen molar-refractivity contribution in [1.82, 2.24) is 10.6 Å². The van der Waals surface area contributed by atoms with Crippen LogP contribution in [0.15, 0.2) is 18.2 Å². The molecule has 1 aliphatic rings. The zero-order valence-corrected chi connectivity index (χ0v) is 12.5. The Bertz CT molecular complexity index is 461. The lowest BCUT2D eigenvalue weighted by atomic mass is 10.2. The second-order valence-electron chi connectivity index (χ2n) is 4.97. The van der Waals surface area contributed by atoms with E-state index in [9.17, 15) is 4.79 Å². The first-order chi connectivity index (χ1) is 9.69. The highest BCUT2D eigenvalue weighted by Gasteiger charge is 2.22. The van der Waals surface area contributed by atoms with Gasteiger partial charge in [0.1, 0.15) is 5.75 Å². The minimum atomic E-state index is 0.0645. The van der Waals surface area contributed by atoms with E-state index in [-0.39, 0.29) is 5.91 Å². The number of carbonyl (C=O) groups is 1. The van der Waals surface area contributed by atoms with Crippen molar-refractivity contribution in [1.29, 1.82) is 0 Å². The van der Waals surface area contributed by atoms with E-state index in [0.29, 0.717) is 30.6 Å². The number of halogens is 1. The average molecular weight is 297 g/mol. The SMILES string of the molecule is CCNCc1cc(Cl)ccc1OCCC(=O)NC1CC1. The molecule has 4 nitrogen and oxygen atoms in total. The van der Waals surface area contributed by atoms with Crippen LogP contribution in [0, 0.1) is 0 Å². The van der Waals surface area contributed by atoms with Crippen LogP contribution in [0.3, 0.4) is 0 Å². The van der Waals surface area contributed by atoms with Crippen molar-refractivity contribution in [3.05, 3.63) is 28.8 Å². The Balaban J connectivity index is 1.82. The van der Waals surface area contributed by atoms with Crippen molar-refractivity contribution >= 4 is 17.5 Å². The molecule has 0 bridgehead atoms. The summed E-state index contributed by atoms with van der Waals surface area (Å²) in [6, 6.07) is 5.95. The number of ether oxygens (including phenoxy) is 1. The number of hydrogen-bond acceptors (Lipinski definition) is 3. The fourth-order valence-electron chi connectivity index (χ4n) is 1.87. The second kappa shape index (κ2) is 7.50. The van der Waals surface area contributed by atoms with Gasteiger partial charge in [-0.3, -0.25) is 4.79 Å². The fraction of sp³-hybridized carbons (Fsp3) is 0.533. The Morgan fingerprint density at radius 2 is 2.25 bits per heavy atom. The number of nitrogens with one attached hydrogen (secondary N) is 2. The molecule has 1 aromatic carbocycles. The van der Waals surface area contributed by atoms with Crippen LogP contribution in [0.5, 0.6) is 5.75 Å². The van der Waals surface area contributed by atoms with Crippen molar-refractivity contribution in [3.8, 4) is 5.75 Å². The standard InChI is InChI=1S/C15H21ClN2O2/c1-2-17-10-11-9-12(16)3-6-14(11)20-8-7-15(19)18-13-4-5-13/h3,6,9,13,17H,2,4-5,7-8,10H2,1H3,(H,18,19). The second-order valence-corrected chi connectivity index (χ2v) is 5.41. The Hall–Kier alpha value is -1.26. The molecule has 1 amide bonds. The highest BCUT2D eigenvalue weighted by Crippen LogP contribution is 2.23. The van der Waals surface area contributed by atoms with Gasteiger partial charge in [0.15, 0.2) is 0 Å². The van der Waals surface area contributed by atoms with Gasteiger partial charge in [0.05, 0.1) is 13.0 Å². The quantitative estimate of drug-likeness (QED) is 0.775. The van der Waals surface area contributed by atoms with Gasteiger partial charge in [0.25, 0.3) is 0 Å². The van der Waals surface area contributed by atoms with Gasteiger partial charge in [0.2, 0.25) is 5.91 Å². The number of carbonyl (C=O) groups excluding carboxylic acids is 1. The topological polar surface area (TPSA) is 50.4 Å². The van der Waals surface area contributed by atoms with Crippen molar-refractivity contribution in [2.45, 2.75) is 38.8 Å². The van der Waals surface area contributed by atoms with Crippen LogP contribution < -0.4 is 15.4 Å². The number of amides is 1. The molecule has 0 atom stereocenters. The molecule has 0 spiro atoms. The summed E-state index contributed by atoms with van der Waals surface area (Å²) in [6.45, 7) is 4.03. The molecule has 2 N–H and O–H groups in total. The number of rotatable bonds is 8. The smallest absolute Gasteiger partial charge is 0.223 e. The van der Waals surface area contributed by atoms with Crippen LogP contribution in [-0.2, 0) is 11.3 Å². The predicted molar refractivity (Wildman–Crippen MR) is 80.1 cm³/mol. The maximum atomic E-state index is 11.6. The zero-order chi connectivity index (χ0) is 14.4. The molecular weight excluding hydrogens is 276 g/mol. The van der Waals surface area contributed by atoms with Crippen molar-refractivity contribution in [2.24, 2.45) is 0 Å². The van der Waals surface area contributed by atoms with Crippen LogP contribution in [0.1, 0.15) is 31.7 Å². The maximum Gasteiger partial charge on any atom is 0.223 e. The third-order valence-electron chi connectivity index (χ3n) is 3.12. The Morgan fingerprint density at radius 3 is 2.95 bits per heavy atom. The largest absolute Gasteiger partial charge is 0.493 e. The molecule has 110 valence electrons. The van der Waals surface area contributed by atoms with Crippen molar-refractivity contribution < 1.29 is 9.53 Å². The Morgan fingerprint density at radius 1 is 1.45 bits per heavy atom. The van der Waals surface area contributed by atoms with Gasteiger partial charge in [-0.1, -0.05) is 18.5 Å². The molecule has 1 fully saturated rings. The third kappa shape index (κ3) is 5.02. The van der Waals surface area contributed by atoms with E-state index in [1.165, 1.54) is 0 Å². The van der Waals surface area contributed by atoms with Crippen molar-refractivity contribution in [2.75, 3.05) is 13.2 Å². The van der Waals surface area contributed by atoms with Gasteiger partial charge < -0.3 is 15.4 Å². The minimum Gasteiger partial charge on any atom is -0.493 e. The van der Waals surface area contributed by atoms with Gasteiger partial charge in [0, 0.05) is 23.2 Å². The van der Waals surface area contributed by atoms with E-state index in [1.807, 2.05) is 19.1 Å². The molecule has 0 unspecified atom stereocenters.